The van der Waals surface area contributed by atoms with E-state index in [4.69, 9.17) is 5.73 Å². The summed E-state index contributed by atoms with van der Waals surface area (Å²) >= 11 is 0. The number of aromatic amines is 1. The molecule has 1 heterocycles. The molecule has 0 atom stereocenters. The van der Waals surface area contributed by atoms with E-state index in [1.807, 2.05) is 19.1 Å². The number of hydrogen-bond acceptors (Lipinski definition) is 5. The van der Waals surface area contributed by atoms with Crippen molar-refractivity contribution in [2.24, 2.45) is 0 Å². The fourth-order valence-corrected chi connectivity index (χ4v) is 5.71. The number of aromatic nitrogens is 2. The highest BCUT2D eigenvalue weighted by atomic mass is 32.2. The molecule has 32 heavy (non-hydrogen) atoms. The van der Waals surface area contributed by atoms with Crippen LogP contribution in [0.3, 0.4) is 0 Å². The smallest absolute Gasteiger partial charge is 0.382 e. The van der Waals surface area contributed by atoms with Crippen molar-refractivity contribution in [1.29, 1.82) is 0 Å². The number of aliphatic hydroxyl groups is 1. The van der Waals surface area contributed by atoms with Crippen LogP contribution in [0.5, 0.6) is 0 Å². The van der Waals surface area contributed by atoms with Crippen molar-refractivity contribution in [3.8, 4) is 11.1 Å². The maximum Gasteiger partial charge on any atom is 0.417 e. The molecule has 1 saturated carbocycles. The first-order valence-electron chi connectivity index (χ1n) is 9.87. The van der Waals surface area contributed by atoms with Gasteiger partial charge in [-0.05, 0) is 54.3 Å². The van der Waals surface area contributed by atoms with E-state index in [0.29, 0.717) is 11.4 Å². The van der Waals surface area contributed by atoms with Crippen LogP contribution in [0.1, 0.15) is 24.0 Å². The van der Waals surface area contributed by atoms with E-state index in [1.54, 1.807) is 13.0 Å². The van der Waals surface area contributed by atoms with Crippen LogP contribution in [0.2, 0.25) is 0 Å². The van der Waals surface area contributed by atoms with Gasteiger partial charge in [0.25, 0.3) is 0 Å². The molecule has 4 N–H and O–H groups in total. The van der Waals surface area contributed by atoms with Crippen molar-refractivity contribution in [2.45, 2.75) is 49.4 Å². The van der Waals surface area contributed by atoms with Crippen LogP contribution in [-0.2, 0) is 10.0 Å². The first-order chi connectivity index (χ1) is 14.8. The molecule has 1 aliphatic rings. The molecule has 4 rings (SSSR count). The minimum atomic E-state index is -4.79. The Hall–Kier alpha value is -2.63. The summed E-state index contributed by atoms with van der Waals surface area (Å²) in [6.07, 6.45) is -6.16. The first-order valence-corrected chi connectivity index (χ1v) is 11.3. The Balaban J connectivity index is 1.64. The third-order valence-corrected chi connectivity index (χ3v) is 8.28. The number of nitrogens with zero attached hydrogens (tertiary/aromatic N) is 2. The molecule has 1 aromatic heterocycles. The maximum atomic E-state index is 13.0. The third-order valence-electron chi connectivity index (χ3n) is 6.37. The Bertz CT molecular complexity index is 1310. The molecule has 3 aromatic rings. The molecule has 7 nitrogen and oxygen atoms in total. The average Bonchev–Trinajstić information content (AvgIpc) is 3.06. The first kappa shape index (κ1) is 22.6. The van der Waals surface area contributed by atoms with E-state index < -0.39 is 40.7 Å². The predicted molar refractivity (Wildman–Crippen MR) is 114 cm³/mol. The molecule has 11 heteroatoms. The number of rotatable bonds is 4. The molecule has 0 aliphatic heterocycles. The summed E-state index contributed by atoms with van der Waals surface area (Å²) in [4.78, 5) is -0.0229. The summed E-state index contributed by atoms with van der Waals surface area (Å²) < 4.78 is 65.6. The van der Waals surface area contributed by atoms with Gasteiger partial charge in [-0.1, -0.05) is 12.1 Å². The van der Waals surface area contributed by atoms with Crippen LogP contribution >= 0.6 is 0 Å². The summed E-state index contributed by atoms with van der Waals surface area (Å²) in [7, 11) is -2.80. The summed E-state index contributed by atoms with van der Waals surface area (Å²) in [5, 5.41) is 17.3. The van der Waals surface area contributed by atoms with Crippen molar-refractivity contribution < 1.29 is 26.7 Å². The molecule has 0 unspecified atom stereocenters. The highest BCUT2D eigenvalue weighted by molar-refractivity contribution is 7.89. The van der Waals surface area contributed by atoms with Crippen LogP contribution in [0, 0.1) is 13.8 Å². The van der Waals surface area contributed by atoms with Crippen molar-refractivity contribution in [1.82, 2.24) is 14.5 Å². The van der Waals surface area contributed by atoms with Gasteiger partial charge in [-0.2, -0.15) is 22.6 Å². The number of H-pyrrole nitrogens is 1. The van der Waals surface area contributed by atoms with Crippen molar-refractivity contribution in [3.05, 3.63) is 41.5 Å². The summed E-state index contributed by atoms with van der Waals surface area (Å²) in [5.74, 6) is 0.372. The molecule has 1 aliphatic carbocycles. The summed E-state index contributed by atoms with van der Waals surface area (Å²) in [6, 6.07) is 7.42. The number of nitrogen functional groups attached to an aromatic ring is 1. The lowest BCUT2D eigenvalue weighted by atomic mass is 9.75. The lowest BCUT2D eigenvalue weighted by Crippen LogP contribution is -2.62. The normalized spacial score (nSPS) is 21.8. The van der Waals surface area contributed by atoms with Crippen LogP contribution in [0.25, 0.3) is 22.0 Å². The molecule has 0 spiro atoms. The van der Waals surface area contributed by atoms with Gasteiger partial charge in [0, 0.05) is 31.3 Å². The van der Waals surface area contributed by atoms with Gasteiger partial charge in [0.05, 0.1) is 10.4 Å². The molecule has 2 aromatic carbocycles. The molecule has 0 radical (unpaired) electrons. The average molecular weight is 469 g/mol. The lowest BCUT2D eigenvalue weighted by Gasteiger charge is -2.47. The number of sulfonamides is 1. The Labute approximate surface area is 183 Å². The van der Waals surface area contributed by atoms with E-state index in [9.17, 15) is 26.7 Å². The number of alkyl halides is 3. The Morgan fingerprint density at radius 2 is 1.81 bits per heavy atom. The number of halogens is 3. The maximum absolute atomic E-state index is 13.0. The van der Waals surface area contributed by atoms with Crippen LogP contribution < -0.4 is 5.73 Å². The van der Waals surface area contributed by atoms with Crippen LogP contribution in [0.4, 0.5) is 19.0 Å². The zero-order valence-corrected chi connectivity index (χ0v) is 18.5. The molecular weight excluding hydrogens is 445 g/mol. The Morgan fingerprint density at radius 1 is 1.19 bits per heavy atom. The number of aryl methyl sites for hydroxylation is 2. The molecule has 0 bridgehead atoms. The molecule has 0 amide bonds. The van der Waals surface area contributed by atoms with Crippen molar-refractivity contribution in [3.63, 3.8) is 0 Å². The number of nitrogens with two attached hydrogens (primary N) is 1. The minimum absolute atomic E-state index is 0.0229. The highest BCUT2D eigenvalue weighted by Crippen LogP contribution is 2.47. The molecule has 1 fully saturated rings. The highest BCUT2D eigenvalue weighted by Gasteiger charge is 2.62. The fourth-order valence-electron chi connectivity index (χ4n) is 4.27. The fraction of sp³-hybridized carbons (Fsp3) is 0.381. The van der Waals surface area contributed by atoms with Gasteiger partial charge in [-0.25, -0.2) is 8.42 Å². The number of anilines is 1. The SMILES string of the molecule is Cc1cc(S(=O)(=O)N(C)[C@H]2C[C@](O)(C(F)(F)F)C2)ccc1-c1ccc2[nH]nc(N)c2c1C. The van der Waals surface area contributed by atoms with Gasteiger partial charge in [-0.3, -0.25) is 5.10 Å². The topological polar surface area (TPSA) is 112 Å². The molecular formula is C21H23F3N4O3S. The zero-order valence-electron chi connectivity index (χ0n) is 17.7. The quantitative estimate of drug-likeness (QED) is 0.543. The summed E-state index contributed by atoms with van der Waals surface area (Å²) in [5.41, 5.74) is 7.16. The third kappa shape index (κ3) is 3.35. The van der Waals surface area contributed by atoms with Crippen LogP contribution in [-0.4, -0.2) is 52.9 Å². The predicted octanol–water partition coefficient (Wildman–Crippen LogP) is 3.51. The number of benzene rings is 2. The van der Waals surface area contributed by atoms with Gasteiger partial charge in [0.2, 0.25) is 10.0 Å². The monoisotopic (exact) mass is 468 g/mol. The van der Waals surface area contributed by atoms with Gasteiger partial charge in [0.15, 0.2) is 11.4 Å². The van der Waals surface area contributed by atoms with Gasteiger partial charge >= 0.3 is 6.18 Å². The number of nitrogens with one attached hydrogen (secondary N) is 1. The largest absolute Gasteiger partial charge is 0.417 e. The van der Waals surface area contributed by atoms with E-state index in [1.165, 1.54) is 19.2 Å². The summed E-state index contributed by atoms with van der Waals surface area (Å²) in [6.45, 7) is 3.67. The zero-order chi connectivity index (χ0) is 23.6. The van der Waals surface area contributed by atoms with E-state index in [2.05, 4.69) is 10.2 Å². The van der Waals surface area contributed by atoms with Crippen LogP contribution in [0.15, 0.2) is 35.2 Å². The van der Waals surface area contributed by atoms with Crippen molar-refractivity contribution >= 4 is 26.7 Å². The van der Waals surface area contributed by atoms with Gasteiger partial charge in [-0.15, -0.1) is 0 Å². The molecule has 0 saturated heterocycles. The van der Waals surface area contributed by atoms with Crippen molar-refractivity contribution in [2.75, 3.05) is 12.8 Å². The van der Waals surface area contributed by atoms with E-state index >= 15 is 0 Å². The Kier molecular flexibility index (Phi) is 5.07. The lowest BCUT2D eigenvalue weighted by molar-refractivity contribution is -0.295. The van der Waals surface area contributed by atoms with E-state index in [-0.39, 0.29) is 4.90 Å². The molecule has 172 valence electrons. The number of hydrogen-bond donors (Lipinski definition) is 3. The van der Waals surface area contributed by atoms with E-state index in [0.717, 1.165) is 31.9 Å². The second kappa shape index (κ2) is 7.19. The second-order valence-electron chi connectivity index (χ2n) is 8.36. The van der Waals surface area contributed by atoms with Gasteiger partial charge in [0.1, 0.15) is 0 Å². The minimum Gasteiger partial charge on any atom is -0.382 e. The standard InChI is InChI=1S/C21H23F3N4O3S/c1-11-8-14(32(30,31)28(3)13-9-20(29,10-13)21(22,23)24)4-5-15(11)16-6-7-17-18(12(16)2)19(25)27-26-17/h4-8,13,29H,9-10H2,1-3H3,(H3,25,26,27)/t13-,20+. The number of fused-ring (bicyclic) bond motifs is 1. The Morgan fingerprint density at radius 3 is 2.41 bits per heavy atom. The van der Waals surface area contributed by atoms with Gasteiger partial charge < -0.3 is 10.8 Å². The second-order valence-corrected chi connectivity index (χ2v) is 10.4.